The first-order valence-electron chi connectivity index (χ1n) is 6.04. The standard InChI is InChI=1S/C13H17ClN2S/c1-16-11-5-6-17-7-9(11)12(15)8-3-2-4-10(14)13(8)16/h2-4,9,11-12H,5-7,15H2,1H3. The van der Waals surface area contributed by atoms with Crippen LogP contribution in [0.15, 0.2) is 18.2 Å². The SMILES string of the molecule is CN1c2c(Cl)cccc2C(N)C2CSCCC21. The normalized spacial score (nSPS) is 31.9. The number of thioether (sulfide) groups is 1. The molecule has 1 aromatic carbocycles. The van der Waals surface area contributed by atoms with Gasteiger partial charge in [0.05, 0.1) is 10.7 Å². The van der Waals surface area contributed by atoms with Gasteiger partial charge in [-0.05, 0) is 29.6 Å². The van der Waals surface area contributed by atoms with Crippen LogP contribution in [0.4, 0.5) is 5.69 Å². The molecule has 1 aromatic rings. The van der Waals surface area contributed by atoms with Crippen molar-refractivity contribution < 1.29 is 0 Å². The molecule has 3 unspecified atom stereocenters. The second-order valence-electron chi connectivity index (χ2n) is 4.91. The average molecular weight is 269 g/mol. The number of anilines is 1. The summed E-state index contributed by atoms with van der Waals surface area (Å²) in [5.41, 5.74) is 8.79. The minimum Gasteiger partial charge on any atom is -0.370 e. The lowest BCUT2D eigenvalue weighted by molar-refractivity contribution is 0.347. The molecule has 0 amide bonds. The maximum Gasteiger partial charge on any atom is 0.0643 e. The first-order chi connectivity index (χ1) is 8.20. The van der Waals surface area contributed by atoms with Gasteiger partial charge in [0.1, 0.15) is 0 Å². The summed E-state index contributed by atoms with van der Waals surface area (Å²) in [6, 6.07) is 6.78. The Morgan fingerprint density at radius 1 is 1.47 bits per heavy atom. The molecule has 3 rings (SSSR count). The van der Waals surface area contributed by atoms with Crippen LogP contribution in [0.2, 0.25) is 5.02 Å². The molecule has 3 atom stereocenters. The smallest absolute Gasteiger partial charge is 0.0643 e. The fourth-order valence-corrected chi connectivity index (χ4v) is 4.73. The second kappa shape index (κ2) is 4.38. The third kappa shape index (κ3) is 1.76. The molecule has 0 aromatic heterocycles. The van der Waals surface area contributed by atoms with Gasteiger partial charge in [-0.25, -0.2) is 0 Å². The number of para-hydroxylation sites is 1. The van der Waals surface area contributed by atoms with E-state index in [9.17, 15) is 0 Å². The van der Waals surface area contributed by atoms with Crippen LogP contribution in [-0.2, 0) is 0 Å². The molecule has 2 heterocycles. The Balaban J connectivity index is 2.10. The Morgan fingerprint density at radius 2 is 2.29 bits per heavy atom. The Hall–Kier alpha value is -0.380. The van der Waals surface area contributed by atoms with Crippen LogP contribution in [0, 0.1) is 5.92 Å². The maximum absolute atomic E-state index is 6.43. The molecular formula is C13H17ClN2S. The third-order valence-electron chi connectivity index (χ3n) is 4.05. The molecule has 2 N–H and O–H groups in total. The largest absolute Gasteiger partial charge is 0.370 e. The molecular weight excluding hydrogens is 252 g/mol. The van der Waals surface area contributed by atoms with Crippen molar-refractivity contribution in [2.24, 2.45) is 11.7 Å². The van der Waals surface area contributed by atoms with E-state index in [-0.39, 0.29) is 6.04 Å². The van der Waals surface area contributed by atoms with Gasteiger partial charge in [-0.3, -0.25) is 0 Å². The van der Waals surface area contributed by atoms with Crippen LogP contribution >= 0.6 is 23.4 Å². The first-order valence-corrected chi connectivity index (χ1v) is 7.58. The van der Waals surface area contributed by atoms with Gasteiger partial charge >= 0.3 is 0 Å². The van der Waals surface area contributed by atoms with Crippen LogP contribution in [0.5, 0.6) is 0 Å². The number of fused-ring (bicyclic) bond motifs is 2. The lowest BCUT2D eigenvalue weighted by atomic mass is 9.81. The average Bonchev–Trinajstić information content (AvgIpc) is 2.36. The number of rotatable bonds is 0. The Labute approximate surface area is 112 Å². The number of hydrogen-bond donors (Lipinski definition) is 1. The van der Waals surface area contributed by atoms with E-state index in [4.69, 9.17) is 17.3 Å². The van der Waals surface area contributed by atoms with Crippen LogP contribution in [0.1, 0.15) is 18.0 Å². The number of nitrogens with zero attached hydrogens (tertiary/aromatic N) is 1. The van der Waals surface area contributed by atoms with E-state index in [1.807, 2.05) is 23.9 Å². The van der Waals surface area contributed by atoms with Crippen molar-refractivity contribution in [3.05, 3.63) is 28.8 Å². The van der Waals surface area contributed by atoms with Crippen molar-refractivity contribution in [3.63, 3.8) is 0 Å². The molecule has 92 valence electrons. The molecule has 17 heavy (non-hydrogen) atoms. The summed E-state index contributed by atoms with van der Waals surface area (Å²) in [5.74, 6) is 2.96. The highest BCUT2D eigenvalue weighted by Gasteiger charge is 2.40. The summed E-state index contributed by atoms with van der Waals surface area (Å²) in [6.07, 6.45) is 1.21. The minimum atomic E-state index is 0.137. The first kappa shape index (κ1) is 11.7. The van der Waals surface area contributed by atoms with Gasteiger partial charge in [-0.2, -0.15) is 11.8 Å². The zero-order chi connectivity index (χ0) is 12.0. The quantitative estimate of drug-likeness (QED) is 0.785. The van der Waals surface area contributed by atoms with E-state index in [1.165, 1.54) is 23.5 Å². The van der Waals surface area contributed by atoms with E-state index in [0.29, 0.717) is 12.0 Å². The van der Waals surface area contributed by atoms with Crippen molar-refractivity contribution in [2.75, 3.05) is 23.5 Å². The summed E-state index contributed by atoms with van der Waals surface area (Å²) < 4.78 is 0. The van der Waals surface area contributed by atoms with Crippen molar-refractivity contribution in [3.8, 4) is 0 Å². The highest BCUT2D eigenvalue weighted by atomic mass is 35.5. The lowest BCUT2D eigenvalue weighted by Gasteiger charge is -2.47. The summed E-state index contributed by atoms with van der Waals surface area (Å²) in [5, 5.41) is 0.831. The number of nitrogens with two attached hydrogens (primary N) is 1. The Kier molecular flexibility index (Phi) is 3.01. The zero-order valence-electron chi connectivity index (χ0n) is 9.90. The summed E-state index contributed by atoms with van der Waals surface area (Å²) in [7, 11) is 2.16. The zero-order valence-corrected chi connectivity index (χ0v) is 11.5. The Bertz CT molecular complexity index is 437. The third-order valence-corrected chi connectivity index (χ3v) is 5.50. The number of benzene rings is 1. The minimum absolute atomic E-state index is 0.137. The molecule has 4 heteroatoms. The van der Waals surface area contributed by atoms with Gasteiger partial charge in [0.25, 0.3) is 0 Å². The van der Waals surface area contributed by atoms with Crippen LogP contribution in [0.3, 0.4) is 0 Å². The van der Waals surface area contributed by atoms with Gasteiger partial charge in [0.15, 0.2) is 0 Å². The van der Waals surface area contributed by atoms with E-state index >= 15 is 0 Å². The summed E-state index contributed by atoms with van der Waals surface area (Å²) >= 11 is 8.36. The molecule has 2 nitrogen and oxygen atoms in total. The summed E-state index contributed by atoms with van der Waals surface area (Å²) in [4.78, 5) is 2.35. The van der Waals surface area contributed by atoms with E-state index in [0.717, 1.165) is 10.7 Å². The number of hydrogen-bond acceptors (Lipinski definition) is 3. The fraction of sp³-hybridized carbons (Fsp3) is 0.538. The van der Waals surface area contributed by atoms with Gasteiger partial charge in [0, 0.05) is 25.0 Å². The molecule has 2 aliphatic heterocycles. The van der Waals surface area contributed by atoms with Gasteiger partial charge in [-0.1, -0.05) is 23.7 Å². The molecule has 0 aliphatic carbocycles. The molecule has 2 aliphatic rings. The van der Waals surface area contributed by atoms with Crippen molar-refractivity contribution >= 4 is 29.1 Å². The molecule has 0 bridgehead atoms. The highest BCUT2D eigenvalue weighted by molar-refractivity contribution is 7.99. The Morgan fingerprint density at radius 3 is 3.12 bits per heavy atom. The molecule has 1 fully saturated rings. The summed E-state index contributed by atoms with van der Waals surface area (Å²) in [6.45, 7) is 0. The fourth-order valence-electron chi connectivity index (χ4n) is 3.14. The van der Waals surface area contributed by atoms with E-state index in [2.05, 4.69) is 18.0 Å². The van der Waals surface area contributed by atoms with Crippen LogP contribution in [0.25, 0.3) is 0 Å². The maximum atomic E-state index is 6.43. The monoisotopic (exact) mass is 268 g/mol. The molecule has 0 saturated carbocycles. The molecule has 0 spiro atoms. The van der Waals surface area contributed by atoms with Crippen molar-refractivity contribution in [1.29, 1.82) is 0 Å². The number of halogens is 1. The van der Waals surface area contributed by atoms with Crippen LogP contribution in [-0.4, -0.2) is 24.6 Å². The molecule has 1 saturated heterocycles. The van der Waals surface area contributed by atoms with Crippen LogP contribution < -0.4 is 10.6 Å². The topological polar surface area (TPSA) is 29.3 Å². The van der Waals surface area contributed by atoms with Gasteiger partial charge in [-0.15, -0.1) is 0 Å². The van der Waals surface area contributed by atoms with Crippen molar-refractivity contribution in [1.82, 2.24) is 0 Å². The predicted octanol–water partition coefficient (Wildman–Crippen LogP) is 2.91. The van der Waals surface area contributed by atoms with Gasteiger partial charge < -0.3 is 10.6 Å². The van der Waals surface area contributed by atoms with E-state index in [1.54, 1.807) is 0 Å². The van der Waals surface area contributed by atoms with E-state index < -0.39 is 0 Å². The highest BCUT2D eigenvalue weighted by Crippen LogP contribution is 2.46. The molecule has 0 radical (unpaired) electrons. The van der Waals surface area contributed by atoms with Crippen molar-refractivity contribution in [2.45, 2.75) is 18.5 Å². The predicted molar refractivity (Wildman–Crippen MR) is 76.0 cm³/mol. The lowest BCUT2D eigenvalue weighted by Crippen LogP contribution is -2.50. The van der Waals surface area contributed by atoms with Gasteiger partial charge in [0.2, 0.25) is 0 Å². The second-order valence-corrected chi connectivity index (χ2v) is 6.47.